The van der Waals surface area contributed by atoms with Crippen LogP contribution in [0.15, 0.2) is 10.9 Å². The van der Waals surface area contributed by atoms with Crippen LogP contribution < -0.4 is 5.56 Å². The van der Waals surface area contributed by atoms with Crippen molar-refractivity contribution in [2.24, 2.45) is 0 Å². The van der Waals surface area contributed by atoms with Crippen LogP contribution in [0.1, 0.15) is 5.69 Å². The van der Waals surface area contributed by atoms with Crippen LogP contribution in [0.3, 0.4) is 0 Å². The van der Waals surface area contributed by atoms with E-state index in [4.69, 9.17) is 0 Å². The van der Waals surface area contributed by atoms with E-state index in [2.05, 4.69) is 5.10 Å². The van der Waals surface area contributed by atoms with Crippen molar-refractivity contribution in [3.63, 3.8) is 0 Å². The van der Waals surface area contributed by atoms with Gasteiger partial charge in [0, 0.05) is 18.0 Å². The van der Waals surface area contributed by atoms with Crippen LogP contribution in [0, 0.1) is 6.92 Å². The third kappa shape index (κ3) is 3.06. The molecule has 0 spiro atoms. The quantitative estimate of drug-likeness (QED) is 0.723. The van der Waals surface area contributed by atoms with Crippen molar-refractivity contribution in [2.45, 2.75) is 13.5 Å². The van der Waals surface area contributed by atoms with Crippen LogP contribution in [-0.2, 0) is 16.4 Å². The largest absolute Gasteiger partial charge is 0.288 e. The smallest absolute Gasteiger partial charge is 0.264 e. The first-order chi connectivity index (χ1) is 5.88. The van der Waals surface area contributed by atoms with Crippen molar-refractivity contribution in [2.75, 3.05) is 12.0 Å². The number of aromatic nitrogens is 2. The van der Waals surface area contributed by atoms with Crippen LogP contribution >= 0.6 is 0 Å². The van der Waals surface area contributed by atoms with Crippen LogP contribution in [0.4, 0.5) is 0 Å². The summed E-state index contributed by atoms with van der Waals surface area (Å²) in [6, 6.07) is 1.43. The maximum absolute atomic E-state index is 10.8. The molecule has 0 radical (unpaired) electrons. The average molecular weight is 204 g/mol. The molecule has 74 valence electrons. The van der Waals surface area contributed by atoms with Crippen molar-refractivity contribution in [1.82, 2.24) is 9.78 Å². The zero-order valence-corrected chi connectivity index (χ0v) is 8.39. The van der Waals surface area contributed by atoms with Gasteiger partial charge < -0.3 is 0 Å². The van der Waals surface area contributed by atoms with Gasteiger partial charge in [-0.1, -0.05) is 0 Å². The molecule has 1 aromatic rings. The molecule has 5 nitrogen and oxygen atoms in total. The van der Waals surface area contributed by atoms with Crippen molar-refractivity contribution >= 4 is 9.84 Å². The number of sulfone groups is 1. The third-order valence-electron chi connectivity index (χ3n) is 1.70. The highest BCUT2D eigenvalue weighted by atomic mass is 32.2. The highest BCUT2D eigenvalue weighted by Gasteiger charge is 2.04. The van der Waals surface area contributed by atoms with Gasteiger partial charge >= 0.3 is 0 Å². The Bertz CT molecular complexity index is 441. The Balaban J connectivity index is 2.76. The van der Waals surface area contributed by atoms with E-state index in [9.17, 15) is 13.2 Å². The summed E-state index contributed by atoms with van der Waals surface area (Å²) >= 11 is 0. The lowest BCUT2D eigenvalue weighted by molar-refractivity contribution is 0.581. The molecule has 1 N–H and O–H groups in total. The Labute approximate surface area is 76.3 Å². The molecule has 0 aliphatic heterocycles. The molecule has 0 aliphatic carbocycles. The minimum Gasteiger partial charge on any atom is -0.288 e. The highest BCUT2D eigenvalue weighted by molar-refractivity contribution is 7.90. The first kappa shape index (κ1) is 10.0. The van der Waals surface area contributed by atoms with E-state index in [0.717, 1.165) is 5.69 Å². The number of H-pyrrole nitrogens is 1. The summed E-state index contributed by atoms with van der Waals surface area (Å²) in [5, 5.41) is 2.51. The SMILES string of the molecule is Cc1cc(=O)[nH]n1CCS(C)(=O)=O. The third-order valence-corrected chi connectivity index (χ3v) is 2.62. The molecule has 13 heavy (non-hydrogen) atoms. The van der Waals surface area contributed by atoms with Crippen LogP contribution in [0.2, 0.25) is 0 Å². The molecule has 0 fully saturated rings. The number of aryl methyl sites for hydroxylation is 2. The maximum Gasteiger partial charge on any atom is 0.264 e. The highest BCUT2D eigenvalue weighted by Crippen LogP contribution is 1.93. The van der Waals surface area contributed by atoms with E-state index < -0.39 is 9.84 Å². The molecule has 1 rings (SSSR count). The van der Waals surface area contributed by atoms with Crippen molar-refractivity contribution in [3.05, 3.63) is 22.1 Å². The monoisotopic (exact) mass is 204 g/mol. The number of hydrogen-bond donors (Lipinski definition) is 1. The van der Waals surface area contributed by atoms with Gasteiger partial charge in [-0.05, 0) is 6.92 Å². The molecule has 1 heterocycles. The second kappa shape index (κ2) is 3.37. The second-order valence-electron chi connectivity index (χ2n) is 3.04. The van der Waals surface area contributed by atoms with E-state index in [0.29, 0.717) is 6.54 Å². The molecular weight excluding hydrogens is 192 g/mol. The molecule has 0 saturated heterocycles. The van der Waals surface area contributed by atoms with Crippen LogP contribution in [0.5, 0.6) is 0 Å². The van der Waals surface area contributed by atoms with Gasteiger partial charge in [0.2, 0.25) is 0 Å². The van der Waals surface area contributed by atoms with Gasteiger partial charge in [0.15, 0.2) is 0 Å². The van der Waals surface area contributed by atoms with E-state index in [1.54, 1.807) is 6.92 Å². The summed E-state index contributed by atoms with van der Waals surface area (Å²) in [4.78, 5) is 10.8. The van der Waals surface area contributed by atoms with Gasteiger partial charge in [-0.25, -0.2) is 8.42 Å². The topological polar surface area (TPSA) is 71.9 Å². The van der Waals surface area contributed by atoms with E-state index in [1.165, 1.54) is 17.0 Å². The number of nitrogens with zero attached hydrogens (tertiary/aromatic N) is 1. The van der Waals surface area contributed by atoms with Gasteiger partial charge in [0.1, 0.15) is 9.84 Å². The average Bonchev–Trinajstić information content (AvgIpc) is 2.24. The zero-order valence-electron chi connectivity index (χ0n) is 7.57. The Morgan fingerprint density at radius 2 is 2.15 bits per heavy atom. The Hall–Kier alpha value is -1.04. The number of aromatic amines is 1. The molecule has 0 bridgehead atoms. The van der Waals surface area contributed by atoms with Gasteiger partial charge in [-0.3, -0.25) is 14.6 Å². The fraction of sp³-hybridized carbons (Fsp3) is 0.571. The first-order valence-corrected chi connectivity index (χ1v) is 5.89. The van der Waals surface area contributed by atoms with E-state index in [-0.39, 0.29) is 11.3 Å². The molecule has 1 aromatic heterocycles. The van der Waals surface area contributed by atoms with Gasteiger partial charge in [0.05, 0.1) is 12.3 Å². The molecule has 6 heteroatoms. The van der Waals surface area contributed by atoms with E-state index >= 15 is 0 Å². The van der Waals surface area contributed by atoms with Gasteiger partial charge in [-0.15, -0.1) is 0 Å². The molecule has 0 aromatic carbocycles. The first-order valence-electron chi connectivity index (χ1n) is 3.83. The summed E-state index contributed by atoms with van der Waals surface area (Å²) in [6.07, 6.45) is 1.17. The normalized spacial score (nSPS) is 11.8. The minimum atomic E-state index is -2.97. The summed E-state index contributed by atoms with van der Waals surface area (Å²) in [7, 11) is -2.97. The Morgan fingerprint density at radius 1 is 1.54 bits per heavy atom. The molecule has 0 aliphatic rings. The standard InChI is InChI=1S/C7H12N2O3S/c1-6-5-7(10)8-9(6)3-4-13(2,11)12/h5H,3-4H2,1-2H3,(H,8,10). The Kier molecular flexibility index (Phi) is 2.60. The predicted octanol–water partition coefficient (Wildman–Crippen LogP) is -0.471. The van der Waals surface area contributed by atoms with Crippen molar-refractivity contribution in [3.8, 4) is 0 Å². The molecule has 0 amide bonds. The lowest BCUT2D eigenvalue weighted by Gasteiger charge is -2.02. The molecule has 0 saturated carbocycles. The van der Waals surface area contributed by atoms with Crippen LogP contribution in [-0.4, -0.2) is 30.2 Å². The predicted molar refractivity (Wildman–Crippen MR) is 49.5 cm³/mol. The summed E-state index contributed by atoms with van der Waals surface area (Å²) < 4.78 is 23.2. The summed E-state index contributed by atoms with van der Waals surface area (Å²) in [5.74, 6) is 0.0401. The van der Waals surface area contributed by atoms with Crippen LogP contribution in [0.25, 0.3) is 0 Å². The van der Waals surface area contributed by atoms with Gasteiger partial charge in [-0.2, -0.15) is 0 Å². The van der Waals surface area contributed by atoms with Crippen molar-refractivity contribution < 1.29 is 8.42 Å². The molecular formula is C7H12N2O3S. The van der Waals surface area contributed by atoms with Crippen molar-refractivity contribution in [1.29, 1.82) is 0 Å². The summed E-state index contributed by atoms with van der Waals surface area (Å²) in [5.41, 5.74) is 0.541. The Morgan fingerprint density at radius 3 is 2.54 bits per heavy atom. The maximum atomic E-state index is 10.8. The summed E-state index contributed by atoms with van der Waals surface area (Å²) in [6.45, 7) is 2.05. The number of hydrogen-bond acceptors (Lipinski definition) is 3. The lowest BCUT2D eigenvalue weighted by Crippen LogP contribution is -2.14. The fourth-order valence-electron chi connectivity index (χ4n) is 1.01. The number of rotatable bonds is 3. The number of nitrogens with one attached hydrogen (secondary N) is 1. The molecule has 0 atom stereocenters. The zero-order chi connectivity index (χ0) is 10.1. The van der Waals surface area contributed by atoms with E-state index in [1.807, 2.05) is 0 Å². The molecule has 0 unspecified atom stereocenters. The second-order valence-corrected chi connectivity index (χ2v) is 5.30. The minimum absolute atomic E-state index is 0.0401. The fourth-order valence-corrected chi connectivity index (χ4v) is 1.52. The van der Waals surface area contributed by atoms with Gasteiger partial charge in [0.25, 0.3) is 5.56 Å². The lowest BCUT2D eigenvalue weighted by atomic mass is 10.5.